The van der Waals surface area contributed by atoms with Gasteiger partial charge in [-0.05, 0) is 31.9 Å². The summed E-state index contributed by atoms with van der Waals surface area (Å²) in [7, 11) is 0. The molecule has 2 nitrogen and oxygen atoms in total. The second-order valence-electron chi connectivity index (χ2n) is 4.30. The van der Waals surface area contributed by atoms with Gasteiger partial charge in [-0.1, -0.05) is 6.07 Å². The van der Waals surface area contributed by atoms with Gasteiger partial charge < -0.3 is 4.90 Å². The highest BCUT2D eigenvalue weighted by atomic mass is 35.5. The molecule has 0 N–H and O–H groups in total. The zero-order valence-corrected chi connectivity index (χ0v) is 11.2. The Morgan fingerprint density at radius 3 is 2.56 bits per heavy atom. The molecule has 0 radical (unpaired) electrons. The lowest BCUT2D eigenvalue weighted by molar-refractivity contribution is -0.130. The Morgan fingerprint density at radius 1 is 1.39 bits per heavy atom. The Hall–Kier alpha value is -1.16. The standard InChI is InChI=1S/C13H16ClF2NO/c1-9(2)17(13(18)8-14)6-5-10-3-4-11(15)7-12(10)16/h3-4,7,9H,5-6,8H2,1-2H3. The van der Waals surface area contributed by atoms with E-state index in [1.165, 1.54) is 12.1 Å². The van der Waals surface area contributed by atoms with Crippen LogP contribution in [0.1, 0.15) is 19.4 Å². The lowest BCUT2D eigenvalue weighted by Gasteiger charge is -2.26. The van der Waals surface area contributed by atoms with Crippen molar-refractivity contribution in [1.29, 1.82) is 0 Å². The summed E-state index contributed by atoms with van der Waals surface area (Å²) >= 11 is 5.51. The molecule has 0 saturated carbocycles. The summed E-state index contributed by atoms with van der Waals surface area (Å²) in [5, 5.41) is 0. The number of carbonyl (C=O) groups is 1. The minimum absolute atomic E-state index is 0.000223. The van der Waals surface area contributed by atoms with Gasteiger partial charge in [0.25, 0.3) is 0 Å². The van der Waals surface area contributed by atoms with Crippen LogP contribution in [0.2, 0.25) is 0 Å². The fourth-order valence-corrected chi connectivity index (χ4v) is 1.87. The molecule has 5 heteroatoms. The molecule has 0 aromatic heterocycles. The summed E-state index contributed by atoms with van der Waals surface area (Å²) in [5.41, 5.74) is 0.393. The van der Waals surface area contributed by atoms with Crippen LogP contribution in [0.5, 0.6) is 0 Å². The summed E-state index contributed by atoms with van der Waals surface area (Å²) in [6, 6.07) is 3.45. The SMILES string of the molecule is CC(C)N(CCc1ccc(F)cc1F)C(=O)CCl. The molecule has 100 valence electrons. The molecule has 0 saturated heterocycles. The molecule has 18 heavy (non-hydrogen) atoms. The molecule has 0 heterocycles. The van der Waals surface area contributed by atoms with Crippen LogP contribution in [0.15, 0.2) is 18.2 Å². The van der Waals surface area contributed by atoms with Gasteiger partial charge in [0, 0.05) is 18.7 Å². The summed E-state index contributed by atoms with van der Waals surface area (Å²) in [4.78, 5) is 13.1. The van der Waals surface area contributed by atoms with E-state index in [9.17, 15) is 13.6 Å². The Balaban J connectivity index is 2.70. The van der Waals surface area contributed by atoms with Crippen LogP contribution < -0.4 is 0 Å². The van der Waals surface area contributed by atoms with Gasteiger partial charge in [0.1, 0.15) is 17.5 Å². The predicted octanol–water partition coefficient (Wildman–Crippen LogP) is 2.98. The first-order valence-electron chi connectivity index (χ1n) is 5.75. The Morgan fingerprint density at radius 2 is 2.06 bits per heavy atom. The number of hydrogen-bond acceptors (Lipinski definition) is 1. The molecule has 0 aliphatic rings. The fourth-order valence-electron chi connectivity index (χ4n) is 1.71. The maximum Gasteiger partial charge on any atom is 0.237 e. The van der Waals surface area contributed by atoms with Crippen LogP contribution in [-0.2, 0) is 11.2 Å². The van der Waals surface area contributed by atoms with E-state index in [0.717, 1.165) is 6.07 Å². The van der Waals surface area contributed by atoms with Gasteiger partial charge in [0.15, 0.2) is 0 Å². The third kappa shape index (κ3) is 3.95. The van der Waals surface area contributed by atoms with Crippen molar-refractivity contribution < 1.29 is 13.6 Å². The Labute approximate surface area is 111 Å². The molecule has 1 rings (SSSR count). The lowest BCUT2D eigenvalue weighted by Crippen LogP contribution is -2.39. The first-order valence-corrected chi connectivity index (χ1v) is 6.28. The Bertz CT molecular complexity index is 423. The number of carbonyl (C=O) groups excluding carboxylic acids is 1. The van der Waals surface area contributed by atoms with E-state index in [2.05, 4.69) is 0 Å². The zero-order chi connectivity index (χ0) is 13.7. The van der Waals surface area contributed by atoms with Crippen molar-refractivity contribution in [2.75, 3.05) is 12.4 Å². The van der Waals surface area contributed by atoms with Crippen molar-refractivity contribution >= 4 is 17.5 Å². The van der Waals surface area contributed by atoms with E-state index in [4.69, 9.17) is 11.6 Å². The van der Waals surface area contributed by atoms with Crippen molar-refractivity contribution in [3.05, 3.63) is 35.4 Å². The quantitative estimate of drug-likeness (QED) is 0.757. The second-order valence-corrected chi connectivity index (χ2v) is 4.57. The number of alkyl halides is 1. The van der Waals surface area contributed by atoms with E-state index in [1.54, 1.807) is 4.90 Å². The maximum atomic E-state index is 13.4. The third-order valence-electron chi connectivity index (χ3n) is 2.70. The summed E-state index contributed by atoms with van der Waals surface area (Å²) < 4.78 is 26.2. The minimum Gasteiger partial charge on any atom is -0.339 e. The van der Waals surface area contributed by atoms with Crippen LogP contribution in [0.4, 0.5) is 8.78 Å². The average Bonchev–Trinajstić information content (AvgIpc) is 2.31. The first kappa shape index (κ1) is 14.9. The molecular formula is C13H16ClF2NO. The van der Waals surface area contributed by atoms with Crippen molar-refractivity contribution in [2.45, 2.75) is 26.3 Å². The van der Waals surface area contributed by atoms with Crippen molar-refractivity contribution in [2.24, 2.45) is 0 Å². The molecule has 0 unspecified atom stereocenters. The van der Waals surface area contributed by atoms with E-state index in [0.29, 0.717) is 18.5 Å². The minimum atomic E-state index is -0.603. The molecule has 0 aliphatic carbocycles. The molecule has 0 spiro atoms. The topological polar surface area (TPSA) is 20.3 Å². The highest BCUT2D eigenvalue weighted by Crippen LogP contribution is 2.12. The van der Waals surface area contributed by atoms with Gasteiger partial charge in [-0.2, -0.15) is 0 Å². The summed E-state index contributed by atoms with van der Waals surface area (Å²) in [6.45, 7) is 4.10. The molecule has 0 bridgehead atoms. The highest BCUT2D eigenvalue weighted by Gasteiger charge is 2.16. The molecule has 0 fully saturated rings. The van der Waals surface area contributed by atoms with Gasteiger partial charge >= 0.3 is 0 Å². The molecular weight excluding hydrogens is 260 g/mol. The number of nitrogens with zero attached hydrogens (tertiary/aromatic N) is 1. The average molecular weight is 276 g/mol. The van der Waals surface area contributed by atoms with Crippen LogP contribution in [0.3, 0.4) is 0 Å². The fraction of sp³-hybridized carbons (Fsp3) is 0.462. The number of amides is 1. The van der Waals surface area contributed by atoms with Crippen molar-refractivity contribution in [1.82, 2.24) is 4.90 Å². The van der Waals surface area contributed by atoms with E-state index >= 15 is 0 Å². The zero-order valence-electron chi connectivity index (χ0n) is 10.4. The Kier molecular flexibility index (Phi) is 5.54. The van der Waals surface area contributed by atoms with Gasteiger partial charge in [0.2, 0.25) is 5.91 Å². The molecule has 1 aromatic rings. The van der Waals surface area contributed by atoms with Gasteiger partial charge in [-0.25, -0.2) is 8.78 Å². The molecule has 0 atom stereocenters. The first-order chi connectivity index (χ1) is 8.45. The second kappa shape index (κ2) is 6.69. The number of halogens is 3. The molecule has 0 aliphatic heterocycles. The summed E-state index contributed by atoms with van der Waals surface area (Å²) in [6.07, 6.45) is 0.340. The molecule has 1 aromatic carbocycles. The third-order valence-corrected chi connectivity index (χ3v) is 2.92. The van der Waals surface area contributed by atoms with Crippen LogP contribution >= 0.6 is 11.6 Å². The van der Waals surface area contributed by atoms with Crippen LogP contribution in [0.25, 0.3) is 0 Å². The van der Waals surface area contributed by atoms with E-state index < -0.39 is 11.6 Å². The largest absolute Gasteiger partial charge is 0.339 e. The number of rotatable bonds is 5. The van der Waals surface area contributed by atoms with Crippen LogP contribution in [0, 0.1) is 11.6 Å². The van der Waals surface area contributed by atoms with Gasteiger partial charge in [-0.15, -0.1) is 11.6 Å². The summed E-state index contributed by atoms with van der Waals surface area (Å²) in [5.74, 6) is -1.47. The van der Waals surface area contributed by atoms with E-state index in [1.807, 2.05) is 13.8 Å². The number of benzene rings is 1. The van der Waals surface area contributed by atoms with Crippen molar-refractivity contribution in [3.8, 4) is 0 Å². The van der Waals surface area contributed by atoms with Gasteiger partial charge in [0.05, 0.1) is 0 Å². The van der Waals surface area contributed by atoms with E-state index in [-0.39, 0.29) is 17.8 Å². The lowest BCUT2D eigenvalue weighted by atomic mass is 10.1. The maximum absolute atomic E-state index is 13.4. The normalized spacial score (nSPS) is 10.8. The molecule has 1 amide bonds. The smallest absolute Gasteiger partial charge is 0.237 e. The van der Waals surface area contributed by atoms with Gasteiger partial charge in [-0.3, -0.25) is 4.79 Å². The van der Waals surface area contributed by atoms with Crippen molar-refractivity contribution in [3.63, 3.8) is 0 Å². The van der Waals surface area contributed by atoms with Crippen LogP contribution in [-0.4, -0.2) is 29.3 Å². The monoisotopic (exact) mass is 275 g/mol. The predicted molar refractivity (Wildman–Crippen MR) is 67.6 cm³/mol. The highest BCUT2D eigenvalue weighted by molar-refractivity contribution is 6.27. The number of hydrogen-bond donors (Lipinski definition) is 0.